The Labute approximate surface area is 196 Å². The van der Waals surface area contributed by atoms with Gasteiger partial charge >= 0.3 is 6.18 Å². The molecule has 4 aromatic rings. The van der Waals surface area contributed by atoms with Gasteiger partial charge in [-0.25, -0.2) is 19.9 Å². The van der Waals surface area contributed by atoms with E-state index in [1.54, 1.807) is 17.7 Å². The largest absolute Gasteiger partial charge is 0.451 e. The van der Waals surface area contributed by atoms with Gasteiger partial charge in [-0.2, -0.15) is 18.3 Å². The highest BCUT2D eigenvalue weighted by atomic mass is 32.1. The van der Waals surface area contributed by atoms with Crippen molar-refractivity contribution in [1.82, 2.24) is 35.0 Å². The van der Waals surface area contributed by atoms with Crippen LogP contribution in [0.25, 0.3) is 20.4 Å². The number of fused-ring (bicyclic) bond motifs is 3. The molecule has 2 aliphatic rings. The second kappa shape index (κ2) is 7.51. The zero-order valence-corrected chi connectivity index (χ0v) is 19.3. The molecule has 0 bridgehead atoms. The normalized spacial score (nSPS) is 18.4. The molecule has 0 amide bonds. The summed E-state index contributed by atoms with van der Waals surface area (Å²) in [5, 5.41) is 13.2. The van der Waals surface area contributed by atoms with E-state index in [1.807, 2.05) is 13.8 Å². The summed E-state index contributed by atoms with van der Waals surface area (Å²) >= 11 is 1.56. The van der Waals surface area contributed by atoms with E-state index in [0.717, 1.165) is 63.4 Å². The van der Waals surface area contributed by atoms with E-state index < -0.39 is 12.0 Å². The van der Waals surface area contributed by atoms with Crippen molar-refractivity contribution in [3.8, 4) is 0 Å². The fourth-order valence-electron chi connectivity index (χ4n) is 5.18. The number of thiophene rings is 1. The lowest BCUT2D eigenvalue weighted by Crippen LogP contribution is -2.64. The molecule has 1 aliphatic carbocycles. The Morgan fingerprint density at radius 3 is 2.53 bits per heavy atom. The van der Waals surface area contributed by atoms with Crippen molar-refractivity contribution in [2.45, 2.75) is 45.5 Å². The molecule has 8 nitrogen and oxygen atoms in total. The molecule has 4 aromatic heterocycles. The number of nitrogens with one attached hydrogen (secondary N) is 1. The molecule has 12 heteroatoms. The number of rotatable bonds is 4. The molecule has 1 saturated heterocycles. The van der Waals surface area contributed by atoms with Gasteiger partial charge in [-0.15, -0.1) is 16.4 Å². The minimum absolute atomic E-state index is 0.260. The molecule has 0 unspecified atom stereocenters. The van der Waals surface area contributed by atoms with Crippen LogP contribution in [0, 0.1) is 19.3 Å². The van der Waals surface area contributed by atoms with Crippen molar-refractivity contribution in [2.24, 2.45) is 5.41 Å². The SMILES string of the molecule is Cc1nnc2sc3c(NC4CC5(C4)CN(Cc4cnc(C(F)(F)F)nc4)C5)ncnc3c2c1C. The highest BCUT2D eigenvalue weighted by Gasteiger charge is 2.52. The van der Waals surface area contributed by atoms with Crippen LogP contribution in [0.3, 0.4) is 0 Å². The third kappa shape index (κ3) is 3.56. The first-order valence-corrected chi connectivity index (χ1v) is 11.8. The van der Waals surface area contributed by atoms with Crippen LogP contribution < -0.4 is 5.32 Å². The smallest absolute Gasteiger partial charge is 0.366 e. The minimum atomic E-state index is -4.51. The van der Waals surface area contributed by atoms with E-state index in [-0.39, 0.29) is 5.41 Å². The molecule has 1 N–H and O–H groups in total. The average Bonchev–Trinajstić information content (AvgIpc) is 3.13. The van der Waals surface area contributed by atoms with Crippen molar-refractivity contribution < 1.29 is 13.2 Å². The summed E-state index contributed by atoms with van der Waals surface area (Å²) in [5.74, 6) is -0.262. The van der Waals surface area contributed by atoms with Gasteiger partial charge in [0, 0.05) is 49.0 Å². The minimum Gasteiger partial charge on any atom is -0.366 e. The lowest BCUT2D eigenvalue weighted by molar-refractivity contribution is -0.145. The summed E-state index contributed by atoms with van der Waals surface area (Å²) in [6.45, 7) is 6.39. The predicted molar refractivity (Wildman–Crippen MR) is 121 cm³/mol. The molecular formula is C22H21F3N8S. The monoisotopic (exact) mass is 486 g/mol. The van der Waals surface area contributed by atoms with Gasteiger partial charge in [-0.05, 0) is 37.7 Å². The van der Waals surface area contributed by atoms with Crippen LogP contribution >= 0.6 is 11.3 Å². The number of alkyl halides is 3. The van der Waals surface area contributed by atoms with Crippen molar-refractivity contribution in [3.63, 3.8) is 0 Å². The summed E-state index contributed by atoms with van der Waals surface area (Å²) in [6, 6.07) is 0.328. The number of likely N-dealkylation sites (tertiary alicyclic amines) is 1. The van der Waals surface area contributed by atoms with Crippen LogP contribution in [0.15, 0.2) is 18.7 Å². The van der Waals surface area contributed by atoms with E-state index in [9.17, 15) is 13.2 Å². The maximum atomic E-state index is 12.6. The predicted octanol–water partition coefficient (Wildman–Crippen LogP) is 4.14. The molecule has 176 valence electrons. The van der Waals surface area contributed by atoms with E-state index >= 15 is 0 Å². The summed E-state index contributed by atoms with van der Waals surface area (Å²) in [6.07, 6.45) is 1.68. The van der Waals surface area contributed by atoms with Gasteiger partial charge in [0.1, 0.15) is 17.0 Å². The van der Waals surface area contributed by atoms with Crippen LogP contribution in [0.5, 0.6) is 0 Å². The third-order valence-corrected chi connectivity index (χ3v) is 7.91. The molecule has 0 atom stereocenters. The maximum absolute atomic E-state index is 12.6. The molecule has 1 aliphatic heterocycles. The average molecular weight is 487 g/mol. The number of halogens is 3. The lowest BCUT2D eigenvalue weighted by Gasteiger charge is -2.59. The molecular weight excluding hydrogens is 465 g/mol. The molecule has 0 radical (unpaired) electrons. The standard InChI is InChI=1S/C22H21F3N8S/c1-11-12(2)31-32-19-15(11)16-17(34-19)18(29-10-28-16)30-14-3-21(4-14)8-33(9-21)7-13-5-26-20(27-6-13)22(23,24)25/h5-6,10,14H,3-4,7-9H2,1-2H3,(H,28,29,30). The Morgan fingerprint density at radius 2 is 1.82 bits per heavy atom. The lowest BCUT2D eigenvalue weighted by atomic mass is 9.60. The Hall–Kier alpha value is -2.99. The van der Waals surface area contributed by atoms with Crippen LogP contribution in [-0.2, 0) is 12.7 Å². The van der Waals surface area contributed by atoms with Crippen molar-refractivity contribution in [3.05, 3.63) is 41.4 Å². The van der Waals surface area contributed by atoms with Gasteiger partial charge in [0.25, 0.3) is 0 Å². The zero-order valence-electron chi connectivity index (χ0n) is 18.5. The molecule has 6 rings (SSSR count). The van der Waals surface area contributed by atoms with Gasteiger partial charge in [-0.1, -0.05) is 0 Å². The first-order chi connectivity index (χ1) is 16.2. The van der Waals surface area contributed by atoms with Crippen LogP contribution in [0.2, 0.25) is 0 Å². The first kappa shape index (κ1) is 21.5. The summed E-state index contributed by atoms with van der Waals surface area (Å²) in [5.41, 5.74) is 3.86. The quantitative estimate of drug-likeness (QED) is 0.460. The number of hydrogen-bond donors (Lipinski definition) is 1. The molecule has 2 fully saturated rings. The number of aromatic nitrogens is 6. The van der Waals surface area contributed by atoms with Gasteiger partial charge in [0.05, 0.1) is 15.9 Å². The molecule has 34 heavy (non-hydrogen) atoms. The van der Waals surface area contributed by atoms with Gasteiger partial charge in [0.2, 0.25) is 5.82 Å². The van der Waals surface area contributed by atoms with E-state index in [4.69, 9.17) is 0 Å². The summed E-state index contributed by atoms with van der Waals surface area (Å²) in [7, 11) is 0. The summed E-state index contributed by atoms with van der Waals surface area (Å²) < 4.78 is 38.9. The molecule has 0 aromatic carbocycles. The Morgan fingerprint density at radius 1 is 1.09 bits per heavy atom. The number of aryl methyl sites for hydroxylation is 2. The topological polar surface area (TPSA) is 92.6 Å². The maximum Gasteiger partial charge on any atom is 0.451 e. The van der Waals surface area contributed by atoms with E-state index in [2.05, 4.69) is 40.3 Å². The van der Waals surface area contributed by atoms with Crippen molar-refractivity contribution >= 4 is 37.6 Å². The highest BCUT2D eigenvalue weighted by molar-refractivity contribution is 7.25. The molecule has 1 spiro atoms. The van der Waals surface area contributed by atoms with Crippen LogP contribution in [-0.4, -0.2) is 54.2 Å². The van der Waals surface area contributed by atoms with E-state index in [1.165, 1.54) is 12.4 Å². The van der Waals surface area contributed by atoms with Gasteiger partial charge < -0.3 is 5.32 Å². The van der Waals surface area contributed by atoms with Gasteiger partial charge in [0.15, 0.2) is 0 Å². The number of nitrogens with zero attached hydrogens (tertiary/aromatic N) is 7. The second-order valence-corrected chi connectivity index (χ2v) is 10.4. The van der Waals surface area contributed by atoms with Crippen LogP contribution in [0.1, 0.15) is 35.5 Å². The fraction of sp³-hybridized carbons (Fsp3) is 0.455. The first-order valence-electron chi connectivity index (χ1n) is 10.9. The Bertz CT molecular complexity index is 1390. The van der Waals surface area contributed by atoms with Gasteiger partial charge in [-0.3, -0.25) is 4.90 Å². The zero-order chi connectivity index (χ0) is 23.7. The second-order valence-electron chi connectivity index (χ2n) is 9.40. The molecule has 5 heterocycles. The van der Waals surface area contributed by atoms with Crippen molar-refractivity contribution in [1.29, 1.82) is 0 Å². The van der Waals surface area contributed by atoms with Crippen LogP contribution in [0.4, 0.5) is 19.0 Å². The Kier molecular flexibility index (Phi) is 4.75. The molecule has 1 saturated carbocycles. The summed E-state index contributed by atoms with van der Waals surface area (Å²) in [4.78, 5) is 19.0. The van der Waals surface area contributed by atoms with Crippen molar-refractivity contribution in [2.75, 3.05) is 18.4 Å². The fourth-order valence-corrected chi connectivity index (χ4v) is 6.27. The third-order valence-electron chi connectivity index (χ3n) is 6.84. The number of anilines is 1. The highest BCUT2D eigenvalue weighted by Crippen LogP contribution is 2.50. The van der Waals surface area contributed by atoms with E-state index in [0.29, 0.717) is 18.2 Å². The Balaban J connectivity index is 1.09. The number of hydrogen-bond acceptors (Lipinski definition) is 9.